The molecule has 1 heterocycles. The maximum absolute atomic E-state index is 11.7. The summed E-state index contributed by atoms with van der Waals surface area (Å²) in [6.07, 6.45) is 3.33. The van der Waals surface area contributed by atoms with Crippen molar-refractivity contribution in [1.29, 1.82) is 0 Å². The van der Waals surface area contributed by atoms with E-state index < -0.39 is 16.8 Å². The third-order valence-electron chi connectivity index (χ3n) is 2.01. The highest BCUT2D eigenvalue weighted by Crippen LogP contribution is 2.30. The highest BCUT2D eigenvalue weighted by Gasteiger charge is 2.29. The molecule has 5 heteroatoms. The SMILES string of the molecule is O=C(O)c1cc(S(=O)C2CC2)ccn1. The molecule has 0 saturated heterocycles. The number of carboxylic acids is 1. The predicted octanol–water partition coefficient (Wildman–Crippen LogP) is 1.05. The number of nitrogens with zero attached hydrogens (tertiary/aromatic N) is 1. The first-order chi connectivity index (χ1) is 6.68. The van der Waals surface area contributed by atoms with Crippen LogP contribution in [-0.2, 0) is 10.8 Å². The molecule has 0 amide bonds. The topological polar surface area (TPSA) is 67.3 Å². The average Bonchev–Trinajstić information content (AvgIpc) is 3.00. The molecular weight excluding hydrogens is 202 g/mol. The van der Waals surface area contributed by atoms with Gasteiger partial charge in [0.1, 0.15) is 5.69 Å². The Bertz CT molecular complexity index is 401. The number of pyridine rings is 1. The molecule has 1 fully saturated rings. The van der Waals surface area contributed by atoms with Gasteiger partial charge in [-0.05, 0) is 25.0 Å². The van der Waals surface area contributed by atoms with Gasteiger partial charge in [-0.2, -0.15) is 0 Å². The van der Waals surface area contributed by atoms with Crippen molar-refractivity contribution in [3.8, 4) is 0 Å². The molecule has 2 rings (SSSR count). The van der Waals surface area contributed by atoms with Crippen LogP contribution in [0.1, 0.15) is 23.3 Å². The van der Waals surface area contributed by atoms with E-state index in [4.69, 9.17) is 5.11 Å². The van der Waals surface area contributed by atoms with Crippen molar-refractivity contribution in [2.75, 3.05) is 0 Å². The molecule has 74 valence electrons. The van der Waals surface area contributed by atoms with Gasteiger partial charge in [-0.1, -0.05) is 0 Å². The minimum absolute atomic E-state index is 0.0449. The van der Waals surface area contributed by atoms with E-state index in [0.717, 1.165) is 12.8 Å². The Kier molecular flexibility index (Phi) is 2.33. The van der Waals surface area contributed by atoms with Crippen LogP contribution in [0.4, 0.5) is 0 Å². The van der Waals surface area contributed by atoms with Crippen LogP contribution in [0.3, 0.4) is 0 Å². The molecule has 0 spiro atoms. The van der Waals surface area contributed by atoms with E-state index in [0.29, 0.717) is 4.90 Å². The maximum Gasteiger partial charge on any atom is 0.354 e. The Morgan fingerprint density at radius 3 is 2.86 bits per heavy atom. The summed E-state index contributed by atoms with van der Waals surface area (Å²) in [7, 11) is -1.05. The summed E-state index contributed by atoms with van der Waals surface area (Å²) in [4.78, 5) is 14.8. The minimum atomic E-state index is -1.08. The Balaban J connectivity index is 2.29. The molecule has 1 aliphatic rings. The first-order valence-electron chi connectivity index (χ1n) is 4.28. The average molecular weight is 211 g/mol. The molecule has 4 nitrogen and oxygen atoms in total. The van der Waals surface area contributed by atoms with Crippen LogP contribution >= 0.6 is 0 Å². The number of carboxylic acid groups (broad SMARTS) is 1. The molecule has 1 aliphatic carbocycles. The lowest BCUT2D eigenvalue weighted by molar-refractivity contribution is 0.0690. The van der Waals surface area contributed by atoms with Crippen LogP contribution in [0, 0.1) is 0 Å². The normalized spacial score (nSPS) is 17.7. The van der Waals surface area contributed by atoms with Crippen LogP contribution in [-0.4, -0.2) is 25.5 Å². The lowest BCUT2D eigenvalue weighted by Gasteiger charge is -2.00. The summed E-state index contributed by atoms with van der Waals surface area (Å²) < 4.78 is 11.7. The van der Waals surface area contributed by atoms with E-state index in [9.17, 15) is 9.00 Å². The first kappa shape index (κ1) is 9.33. The third kappa shape index (κ3) is 1.82. The van der Waals surface area contributed by atoms with E-state index in [1.807, 2.05) is 0 Å². The van der Waals surface area contributed by atoms with E-state index >= 15 is 0 Å². The first-order valence-corrected chi connectivity index (χ1v) is 5.49. The Hall–Kier alpha value is -1.23. The van der Waals surface area contributed by atoms with Crippen molar-refractivity contribution in [2.45, 2.75) is 23.0 Å². The van der Waals surface area contributed by atoms with Crippen molar-refractivity contribution in [1.82, 2.24) is 4.98 Å². The maximum atomic E-state index is 11.7. The summed E-state index contributed by atoms with van der Waals surface area (Å²) in [6, 6.07) is 3.00. The molecule has 0 bridgehead atoms. The summed E-state index contributed by atoms with van der Waals surface area (Å²) >= 11 is 0. The van der Waals surface area contributed by atoms with Gasteiger partial charge < -0.3 is 5.11 Å². The van der Waals surface area contributed by atoms with E-state index in [-0.39, 0.29) is 10.9 Å². The van der Waals surface area contributed by atoms with Crippen LogP contribution in [0.25, 0.3) is 0 Å². The largest absolute Gasteiger partial charge is 0.477 e. The number of hydrogen-bond acceptors (Lipinski definition) is 3. The van der Waals surface area contributed by atoms with Gasteiger partial charge in [0.2, 0.25) is 0 Å². The summed E-state index contributed by atoms with van der Waals surface area (Å²) in [5.41, 5.74) is -0.0449. The van der Waals surface area contributed by atoms with Gasteiger partial charge >= 0.3 is 5.97 Å². The molecule has 1 atom stereocenters. The molecule has 1 aromatic heterocycles. The molecule has 0 aromatic carbocycles. The Morgan fingerprint density at radius 2 is 2.29 bits per heavy atom. The second-order valence-electron chi connectivity index (χ2n) is 3.18. The number of aromatic nitrogens is 1. The van der Waals surface area contributed by atoms with Crippen LogP contribution in [0.15, 0.2) is 23.2 Å². The fourth-order valence-electron chi connectivity index (χ4n) is 1.13. The molecule has 1 unspecified atom stereocenters. The van der Waals surface area contributed by atoms with Crippen molar-refractivity contribution < 1.29 is 14.1 Å². The third-order valence-corrected chi connectivity index (χ3v) is 3.81. The highest BCUT2D eigenvalue weighted by atomic mass is 32.2. The van der Waals surface area contributed by atoms with Gasteiger partial charge in [-0.15, -0.1) is 0 Å². The quantitative estimate of drug-likeness (QED) is 0.811. The number of rotatable bonds is 3. The number of carbonyl (C=O) groups is 1. The lowest BCUT2D eigenvalue weighted by atomic mass is 10.3. The molecule has 0 aliphatic heterocycles. The van der Waals surface area contributed by atoms with E-state index in [1.54, 1.807) is 6.07 Å². The van der Waals surface area contributed by atoms with Gasteiger partial charge in [0.25, 0.3) is 0 Å². The zero-order valence-corrected chi connectivity index (χ0v) is 8.16. The predicted molar refractivity (Wildman–Crippen MR) is 50.6 cm³/mol. The standard InChI is InChI=1S/C9H9NO3S/c11-9(12)8-5-7(3-4-10-8)14(13)6-1-2-6/h3-6H,1-2H2,(H,11,12). The molecule has 14 heavy (non-hydrogen) atoms. The zero-order chi connectivity index (χ0) is 10.1. The Morgan fingerprint density at radius 1 is 1.57 bits per heavy atom. The lowest BCUT2D eigenvalue weighted by Crippen LogP contribution is -2.03. The molecule has 1 saturated carbocycles. The zero-order valence-electron chi connectivity index (χ0n) is 7.34. The van der Waals surface area contributed by atoms with Gasteiger partial charge in [-0.25, -0.2) is 9.78 Å². The number of aromatic carboxylic acids is 1. The minimum Gasteiger partial charge on any atom is -0.477 e. The monoisotopic (exact) mass is 211 g/mol. The summed E-state index contributed by atoms with van der Waals surface area (Å²) in [5.74, 6) is -1.08. The van der Waals surface area contributed by atoms with Gasteiger partial charge in [-0.3, -0.25) is 4.21 Å². The van der Waals surface area contributed by atoms with Crippen molar-refractivity contribution in [3.05, 3.63) is 24.0 Å². The fourth-order valence-corrected chi connectivity index (χ4v) is 2.50. The van der Waals surface area contributed by atoms with Crippen molar-refractivity contribution >= 4 is 16.8 Å². The highest BCUT2D eigenvalue weighted by molar-refractivity contribution is 7.86. The van der Waals surface area contributed by atoms with Crippen molar-refractivity contribution in [2.24, 2.45) is 0 Å². The summed E-state index contributed by atoms with van der Waals surface area (Å²) in [5, 5.41) is 8.91. The molecule has 1 N–H and O–H groups in total. The Labute approximate surface area is 83.4 Å². The fraction of sp³-hybridized carbons (Fsp3) is 0.333. The smallest absolute Gasteiger partial charge is 0.354 e. The second-order valence-corrected chi connectivity index (χ2v) is 4.91. The van der Waals surface area contributed by atoms with Crippen LogP contribution < -0.4 is 0 Å². The van der Waals surface area contributed by atoms with Gasteiger partial charge in [0, 0.05) is 16.3 Å². The van der Waals surface area contributed by atoms with Gasteiger partial charge in [0.05, 0.1) is 10.8 Å². The van der Waals surface area contributed by atoms with Gasteiger partial charge in [0.15, 0.2) is 0 Å². The van der Waals surface area contributed by atoms with Crippen LogP contribution in [0.5, 0.6) is 0 Å². The van der Waals surface area contributed by atoms with Crippen LogP contribution in [0.2, 0.25) is 0 Å². The number of hydrogen-bond donors (Lipinski definition) is 1. The van der Waals surface area contributed by atoms with E-state index in [1.165, 1.54) is 12.3 Å². The molecule has 0 radical (unpaired) electrons. The second kappa shape index (κ2) is 3.49. The van der Waals surface area contributed by atoms with Crippen molar-refractivity contribution in [3.63, 3.8) is 0 Å². The molecular formula is C9H9NO3S. The van der Waals surface area contributed by atoms with E-state index in [2.05, 4.69) is 4.98 Å². The molecule has 1 aromatic rings. The summed E-state index contributed by atoms with van der Waals surface area (Å²) in [6.45, 7) is 0.